The van der Waals surface area contributed by atoms with Gasteiger partial charge in [0.25, 0.3) is 0 Å². The second-order valence-corrected chi connectivity index (χ2v) is 3.60. The molecule has 0 radical (unpaired) electrons. The van der Waals surface area contributed by atoms with E-state index in [1.165, 1.54) is 10.4 Å². The molecule has 11 heavy (non-hydrogen) atoms. The Kier molecular flexibility index (Phi) is 2.83. The Morgan fingerprint density at radius 3 is 2.91 bits per heavy atom. The number of aryl methyl sites for hydroxylation is 1. The number of hydrogen-bond donors (Lipinski definition) is 0. The maximum atomic E-state index is 10.8. The highest BCUT2D eigenvalue weighted by atomic mass is 32.1. The van der Waals surface area contributed by atoms with Crippen LogP contribution in [0, 0.1) is 0 Å². The monoisotopic (exact) mass is 168 g/mol. The van der Waals surface area contributed by atoms with Crippen molar-refractivity contribution in [1.29, 1.82) is 0 Å². The number of Topliss-reactive ketones (excluding diaryl/α,β-unsaturated/α-hetero) is 1. The van der Waals surface area contributed by atoms with E-state index in [-0.39, 0.29) is 5.78 Å². The van der Waals surface area contributed by atoms with E-state index in [9.17, 15) is 4.79 Å². The van der Waals surface area contributed by atoms with Crippen LogP contribution in [-0.4, -0.2) is 5.78 Å². The lowest BCUT2D eigenvalue weighted by Crippen LogP contribution is -1.96. The van der Waals surface area contributed by atoms with Crippen molar-refractivity contribution in [2.75, 3.05) is 0 Å². The van der Waals surface area contributed by atoms with E-state index in [4.69, 9.17) is 0 Å². The van der Waals surface area contributed by atoms with Crippen LogP contribution in [0.2, 0.25) is 0 Å². The van der Waals surface area contributed by atoms with E-state index in [1.807, 2.05) is 0 Å². The maximum absolute atomic E-state index is 10.8. The lowest BCUT2D eigenvalue weighted by molar-refractivity contribution is -0.116. The third kappa shape index (κ3) is 2.15. The summed E-state index contributed by atoms with van der Waals surface area (Å²) in [6.07, 6.45) is 1.65. The summed E-state index contributed by atoms with van der Waals surface area (Å²) in [5.74, 6) is 0.252. The fraction of sp³-hybridized carbons (Fsp3) is 0.444. The lowest BCUT2D eigenvalue weighted by Gasteiger charge is -1.95. The van der Waals surface area contributed by atoms with Gasteiger partial charge in [0.05, 0.1) is 0 Å². The number of ketones is 1. The number of rotatable bonds is 3. The summed E-state index contributed by atoms with van der Waals surface area (Å²) >= 11 is 1.68. The first-order valence-electron chi connectivity index (χ1n) is 3.78. The van der Waals surface area contributed by atoms with Crippen molar-refractivity contribution in [2.24, 2.45) is 0 Å². The summed E-state index contributed by atoms with van der Waals surface area (Å²) in [6, 6.07) is 2.10. The van der Waals surface area contributed by atoms with E-state index in [0.29, 0.717) is 6.42 Å². The largest absolute Gasteiger partial charge is 0.300 e. The number of carbonyl (C=O) groups excluding carboxylic acids is 1. The second-order valence-electron chi connectivity index (χ2n) is 2.60. The van der Waals surface area contributed by atoms with Gasteiger partial charge in [-0.05, 0) is 30.4 Å². The van der Waals surface area contributed by atoms with Gasteiger partial charge in [0.15, 0.2) is 0 Å². The molecule has 0 saturated carbocycles. The molecule has 1 rings (SSSR count). The molecule has 0 bridgehead atoms. The Morgan fingerprint density at radius 1 is 1.64 bits per heavy atom. The first-order valence-corrected chi connectivity index (χ1v) is 4.66. The van der Waals surface area contributed by atoms with E-state index in [1.54, 1.807) is 18.3 Å². The van der Waals surface area contributed by atoms with Gasteiger partial charge in [-0.15, -0.1) is 11.3 Å². The van der Waals surface area contributed by atoms with Gasteiger partial charge in [0.1, 0.15) is 5.78 Å². The van der Waals surface area contributed by atoms with Crippen molar-refractivity contribution in [3.63, 3.8) is 0 Å². The van der Waals surface area contributed by atoms with E-state index in [2.05, 4.69) is 18.4 Å². The summed E-state index contributed by atoms with van der Waals surface area (Å²) in [5.41, 5.74) is 1.32. The Balaban J connectivity index is 2.76. The molecule has 0 saturated heterocycles. The number of carbonyl (C=O) groups is 1. The standard InChI is InChI=1S/C9H12OS/c1-3-8-4-5-11-9(8)6-7(2)10/h4-5H,3,6H2,1-2H3. The van der Waals surface area contributed by atoms with Crippen LogP contribution in [0.25, 0.3) is 0 Å². The molecule has 0 aromatic carbocycles. The molecule has 0 spiro atoms. The minimum atomic E-state index is 0.252. The van der Waals surface area contributed by atoms with Gasteiger partial charge in [-0.3, -0.25) is 4.79 Å². The average molecular weight is 168 g/mol. The van der Waals surface area contributed by atoms with Crippen molar-refractivity contribution in [3.8, 4) is 0 Å². The Labute approximate surface area is 71.1 Å². The van der Waals surface area contributed by atoms with E-state index >= 15 is 0 Å². The fourth-order valence-corrected chi connectivity index (χ4v) is 2.11. The SMILES string of the molecule is CCc1ccsc1CC(C)=O. The molecule has 0 N–H and O–H groups in total. The van der Waals surface area contributed by atoms with Gasteiger partial charge >= 0.3 is 0 Å². The van der Waals surface area contributed by atoms with Crippen molar-refractivity contribution in [1.82, 2.24) is 0 Å². The van der Waals surface area contributed by atoms with Crippen LogP contribution in [0.15, 0.2) is 11.4 Å². The summed E-state index contributed by atoms with van der Waals surface area (Å²) in [4.78, 5) is 12.0. The van der Waals surface area contributed by atoms with Gasteiger partial charge in [-0.2, -0.15) is 0 Å². The Morgan fingerprint density at radius 2 is 2.36 bits per heavy atom. The minimum absolute atomic E-state index is 0.252. The zero-order chi connectivity index (χ0) is 8.27. The molecule has 2 heteroatoms. The molecule has 0 atom stereocenters. The third-order valence-electron chi connectivity index (χ3n) is 1.63. The Hall–Kier alpha value is -0.630. The van der Waals surface area contributed by atoms with Crippen molar-refractivity contribution in [2.45, 2.75) is 26.7 Å². The quantitative estimate of drug-likeness (QED) is 0.677. The second kappa shape index (κ2) is 3.67. The molecule has 0 amide bonds. The zero-order valence-electron chi connectivity index (χ0n) is 6.89. The van der Waals surface area contributed by atoms with Crippen molar-refractivity contribution >= 4 is 17.1 Å². The lowest BCUT2D eigenvalue weighted by atomic mass is 10.1. The van der Waals surface area contributed by atoms with Crippen molar-refractivity contribution < 1.29 is 4.79 Å². The summed E-state index contributed by atoms with van der Waals surface area (Å²) in [7, 11) is 0. The first-order chi connectivity index (χ1) is 5.24. The highest BCUT2D eigenvalue weighted by Crippen LogP contribution is 2.17. The summed E-state index contributed by atoms with van der Waals surface area (Å²) in [6.45, 7) is 3.75. The Bertz CT molecular complexity index is 250. The molecule has 0 aliphatic carbocycles. The van der Waals surface area contributed by atoms with E-state index < -0.39 is 0 Å². The van der Waals surface area contributed by atoms with Crippen LogP contribution < -0.4 is 0 Å². The average Bonchev–Trinajstić information content (AvgIpc) is 2.34. The molecule has 1 aromatic heterocycles. The normalized spacial score (nSPS) is 10.0. The van der Waals surface area contributed by atoms with Gasteiger partial charge in [0.2, 0.25) is 0 Å². The molecular formula is C9H12OS. The molecule has 0 fully saturated rings. The molecule has 1 aromatic rings. The van der Waals surface area contributed by atoms with Gasteiger partial charge < -0.3 is 0 Å². The molecule has 0 aliphatic rings. The summed E-state index contributed by atoms with van der Waals surface area (Å²) < 4.78 is 0. The third-order valence-corrected chi connectivity index (χ3v) is 2.59. The topological polar surface area (TPSA) is 17.1 Å². The van der Waals surface area contributed by atoms with Gasteiger partial charge in [0, 0.05) is 11.3 Å². The molecule has 1 nitrogen and oxygen atoms in total. The van der Waals surface area contributed by atoms with Gasteiger partial charge in [-0.1, -0.05) is 6.92 Å². The number of thiophene rings is 1. The number of hydrogen-bond acceptors (Lipinski definition) is 2. The van der Waals surface area contributed by atoms with Crippen molar-refractivity contribution in [3.05, 3.63) is 21.9 Å². The van der Waals surface area contributed by atoms with Gasteiger partial charge in [-0.25, -0.2) is 0 Å². The predicted octanol–water partition coefficient (Wildman–Crippen LogP) is 2.44. The molecular weight excluding hydrogens is 156 g/mol. The van der Waals surface area contributed by atoms with Crippen LogP contribution in [0.1, 0.15) is 24.3 Å². The molecule has 1 heterocycles. The minimum Gasteiger partial charge on any atom is -0.300 e. The van der Waals surface area contributed by atoms with Crippen LogP contribution in [-0.2, 0) is 17.6 Å². The smallest absolute Gasteiger partial charge is 0.135 e. The van der Waals surface area contributed by atoms with E-state index in [0.717, 1.165) is 6.42 Å². The molecule has 0 aliphatic heterocycles. The van der Waals surface area contributed by atoms with Crippen LogP contribution in [0.4, 0.5) is 0 Å². The highest BCUT2D eigenvalue weighted by molar-refractivity contribution is 7.10. The zero-order valence-corrected chi connectivity index (χ0v) is 7.70. The first kappa shape index (κ1) is 8.47. The molecule has 0 unspecified atom stereocenters. The van der Waals surface area contributed by atoms with Crippen LogP contribution in [0.3, 0.4) is 0 Å². The molecule has 60 valence electrons. The van der Waals surface area contributed by atoms with Crippen LogP contribution in [0.5, 0.6) is 0 Å². The maximum Gasteiger partial charge on any atom is 0.135 e. The summed E-state index contributed by atoms with van der Waals surface area (Å²) in [5, 5.41) is 2.05. The predicted molar refractivity (Wildman–Crippen MR) is 48.1 cm³/mol. The highest BCUT2D eigenvalue weighted by Gasteiger charge is 2.03. The van der Waals surface area contributed by atoms with Crippen LogP contribution >= 0.6 is 11.3 Å². The fourth-order valence-electron chi connectivity index (χ4n) is 1.06.